The molecule has 0 saturated heterocycles. The second-order valence-electron chi connectivity index (χ2n) is 4.27. The first-order valence-corrected chi connectivity index (χ1v) is 5.82. The Bertz CT molecular complexity index is 121. The van der Waals surface area contributed by atoms with Crippen molar-refractivity contribution in [3.8, 4) is 0 Å². The van der Waals surface area contributed by atoms with E-state index in [0.717, 1.165) is 12.3 Å². The van der Waals surface area contributed by atoms with E-state index in [9.17, 15) is 4.79 Å². The molecule has 0 aromatic carbocycles. The lowest BCUT2D eigenvalue weighted by molar-refractivity contribution is -0.128. The average molecular weight is 200 g/mol. The first-order valence-electron chi connectivity index (χ1n) is 5.82. The molecule has 0 saturated carbocycles. The molecule has 14 heavy (non-hydrogen) atoms. The van der Waals surface area contributed by atoms with Gasteiger partial charge in [0.1, 0.15) is 0 Å². The fourth-order valence-electron chi connectivity index (χ4n) is 1.49. The van der Waals surface area contributed by atoms with Gasteiger partial charge in [-0.3, -0.25) is 4.79 Å². The van der Waals surface area contributed by atoms with Crippen LogP contribution in [0.4, 0.5) is 0 Å². The molecule has 0 aliphatic rings. The van der Waals surface area contributed by atoms with E-state index >= 15 is 0 Å². The molecule has 0 radical (unpaired) electrons. The van der Waals surface area contributed by atoms with Gasteiger partial charge in [0, 0.05) is 0 Å². The van der Waals surface area contributed by atoms with E-state index in [2.05, 4.69) is 18.6 Å². The molecular weight excluding hydrogens is 176 g/mol. The Morgan fingerprint density at radius 3 is 2.14 bits per heavy atom. The first kappa shape index (κ1) is 13.5. The monoisotopic (exact) mass is 200 g/mol. The minimum absolute atomic E-state index is 0.530. The number of hydrogen-bond donors (Lipinski definition) is 0. The minimum Gasteiger partial charge on any atom is -0.468 e. The summed E-state index contributed by atoms with van der Waals surface area (Å²) in [7, 11) is 0. The molecule has 0 aromatic heterocycles. The van der Waals surface area contributed by atoms with Gasteiger partial charge in [0.25, 0.3) is 6.47 Å². The lowest BCUT2D eigenvalue weighted by atomic mass is 10.0. The summed E-state index contributed by atoms with van der Waals surface area (Å²) in [5.74, 6) is 0.844. The van der Waals surface area contributed by atoms with E-state index < -0.39 is 0 Å². The van der Waals surface area contributed by atoms with Gasteiger partial charge in [-0.1, -0.05) is 52.4 Å². The Hall–Kier alpha value is -0.530. The summed E-state index contributed by atoms with van der Waals surface area (Å²) in [6, 6.07) is 0. The maximum atomic E-state index is 9.82. The van der Waals surface area contributed by atoms with Crippen LogP contribution in [0.3, 0.4) is 0 Å². The van der Waals surface area contributed by atoms with Gasteiger partial charge < -0.3 is 4.74 Å². The zero-order valence-corrected chi connectivity index (χ0v) is 9.63. The summed E-state index contributed by atoms with van der Waals surface area (Å²) >= 11 is 0. The fourth-order valence-corrected chi connectivity index (χ4v) is 1.49. The molecule has 0 spiro atoms. The summed E-state index contributed by atoms with van der Waals surface area (Å²) in [5, 5.41) is 0. The van der Waals surface area contributed by atoms with Crippen LogP contribution >= 0.6 is 0 Å². The van der Waals surface area contributed by atoms with Crippen LogP contribution < -0.4 is 0 Å². The van der Waals surface area contributed by atoms with Crippen molar-refractivity contribution in [1.82, 2.24) is 0 Å². The smallest absolute Gasteiger partial charge is 0.293 e. The Balaban J connectivity index is 2.88. The molecule has 0 fully saturated rings. The van der Waals surface area contributed by atoms with Crippen molar-refractivity contribution in [1.29, 1.82) is 0 Å². The van der Waals surface area contributed by atoms with E-state index in [4.69, 9.17) is 0 Å². The second kappa shape index (κ2) is 10.6. The molecule has 0 amide bonds. The Morgan fingerprint density at radius 2 is 1.57 bits per heavy atom. The third-order valence-corrected chi connectivity index (χ3v) is 2.36. The number of hydrogen-bond acceptors (Lipinski definition) is 2. The van der Waals surface area contributed by atoms with E-state index in [1.165, 1.54) is 38.5 Å². The summed E-state index contributed by atoms with van der Waals surface area (Å²) in [5.41, 5.74) is 0. The molecule has 2 nitrogen and oxygen atoms in total. The van der Waals surface area contributed by atoms with Gasteiger partial charge in [-0.05, 0) is 12.3 Å². The van der Waals surface area contributed by atoms with Crippen LogP contribution in [0, 0.1) is 5.92 Å². The van der Waals surface area contributed by atoms with Crippen molar-refractivity contribution in [2.75, 3.05) is 6.61 Å². The van der Waals surface area contributed by atoms with E-state index in [1.807, 2.05) is 0 Å². The van der Waals surface area contributed by atoms with Crippen molar-refractivity contribution in [2.45, 2.75) is 58.8 Å². The van der Waals surface area contributed by atoms with E-state index in [0.29, 0.717) is 13.1 Å². The highest BCUT2D eigenvalue weighted by Crippen LogP contribution is 2.11. The van der Waals surface area contributed by atoms with Gasteiger partial charge in [-0.15, -0.1) is 0 Å². The van der Waals surface area contributed by atoms with Crippen LogP contribution in [0.15, 0.2) is 0 Å². The standard InChI is InChI=1S/C12H24O2/c1-12(2)9-7-5-3-4-6-8-10-14-11-13/h11-12H,3-10H2,1-2H3. The largest absolute Gasteiger partial charge is 0.468 e. The summed E-state index contributed by atoms with van der Waals surface area (Å²) in [4.78, 5) is 9.82. The zero-order chi connectivity index (χ0) is 10.6. The number of ether oxygens (including phenoxy) is 1. The molecule has 0 rings (SSSR count). The lowest BCUT2D eigenvalue weighted by Gasteiger charge is -2.04. The van der Waals surface area contributed by atoms with Gasteiger partial charge in [0.2, 0.25) is 0 Å². The summed E-state index contributed by atoms with van der Waals surface area (Å²) in [6.07, 6.45) is 8.88. The molecule has 0 aliphatic heterocycles. The molecule has 0 N–H and O–H groups in total. The zero-order valence-electron chi connectivity index (χ0n) is 9.63. The molecule has 0 bridgehead atoms. The minimum atomic E-state index is 0.530. The van der Waals surface area contributed by atoms with Gasteiger partial charge in [-0.25, -0.2) is 0 Å². The maximum absolute atomic E-state index is 9.82. The lowest BCUT2D eigenvalue weighted by Crippen LogP contribution is -1.91. The molecule has 0 aliphatic carbocycles. The van der Waals surface area contributed by atoms with Crippen LogP contribution in [0.2, 0.25) is 0 Å². The molecule has 84 valence electrons. The van der Waals surface area contributed by atoms with Gasteiger partial charge >= 0.3 is 0 Å². The Kier molecular flexibility index (Phi) is 10.2. The highest BCUT2D eigenvalue weighted by Gasteiger charge is 1.94. The molecular formula is C12H24O2. The number of carbonyl (C=O) groups excluding carboxylic acids is 1. The Morgan fingerprint density at radius 1 is 1.00 bits per heavy atom. The quantitative estimate of drug-likeness (QED) is 0.398. The predicted molar refractivity (Wildman–Crippen MR) is 59.2 cm³/mol. The van der Waals surface area contributed by atoms with Gasteiger partial charge in [-0.2, -0.15) is 0 Å². The van der Waals surface area contributed by atoms with E-state index in [-0.39, 0.29) is 0 Å². The normalized spacial score (nSPS) is 10.5. The van der Waals surface area contributed by atoms with Crippen LogP contribution in [0.25, 0.3) is 0 Å². The number of rotatable bonds is 10. The molecule has 0 unspecified atom stereocenters. The van der Waals surface area contributed by atoms with Gasteiger partial charge in [0.05, 0.1) is 6.61 Å². The van der Waals surface area contributed by atoms with Gasteiger partial charge in [0.15, 0.2) is 0 Å². The first-order chi connectivity index (χ1) is 6.77. The van der Waals surface area contributed by atoms with Crippen molar-refractivity contribution >= 4 is 6.47 Å². The van der Waals surface area contributed by atoms with Crippen LogP contribution in [-0.4, -0.2) is 13.1 Å². The Labute approximate surface area is 88.0 Å². The predicted octanol–water partition coefficient (Wildman–Crippen LogP) is 3.55. The number of unbranched alkanes of at least 4 members (excludes halogenated alkanes) is 5. The third-order valence-electron chi connectivity index (χ3n) is 2.36. The van der Waals surface area contributed by atoms with Crippen LogP contribution in [-0.2, 0) is 9.53 Å². The molecule has 0 aromatic rings. The third kappa shape index (κ3) is 11.5. The maximum Gasteiger partial charge on any atom is 0.293 e. The highest BCUT2D eigenvalue weighted by atomic mass is 16.5. The van der Waals surface area contributed by atoms with Crippen molar-refractivity contribution in [2.24, 2.45) is 5.92 Å². The topological polar surface area (TPSA) is 26.3 Å². The number of carbonyl (C=O) groups is 1. The highest BCUT2D eigenvalue weighted by molar-refractivity contribution is 5.36. The summed E-state index contributed by atoms with van der Waals surface area (Å²) < 4.78 is 4.61. The fraction of sp³-hybridized carbons (Fsp3) is 0.917. The van der Waals surface area contributed by atoms with Crippen LogP contribution in [0.5, 0.6) is 0 Å². The van der Waals surface area contributed by atoms with Crippen molar-refractivity contribution in [3.63, 3.8) is 0 Å². The summed E-state index contributed by atoms with van der Waals surface area (Å²) in [6.45, 7) is 5.67. The average Bonchev–Trinajstić information content (AvgIpc) is 2.15. The van der Waals surface area contributed by atoms with Crippen molar-refractivity contribution < 1.29 is 9.53 Å². The molecule has 2 heteroatoms. The second-order valence-corrected chi connectivity index (χ2v) is 4.27. The van der Waals surface area contributed by atoms with E-state index in [1.54, 1.807) is 0 Å². The van der Waals surface area contributed by atoms with Crippen LogP contribution in [0.1, 0.15) is 58.8 Å². The SMILES string of the molecule is CC(C)CCCCCCCCOC=O. The van der Waals surface area contributed by atoms with Crippen molar-refractivity contribution in [3.05, 3.63) is 0 Å². The molecule has 0 heterocycles. The molecule has 0 atom stereocenters.